The first-order chi connectivity index (χ1) is 13.8. The molecule has 0 aromatic heterocycles. The van der Waals surface area contributed by atoms with Crippen LogP contribution in [-0.2, 0) is 9.47 Å². The van der Waals surface area contributed by atoms with Crippen LogP contribution in [0.4, 0.5) is 0 Å². The summed E-state index contributed by atoms with van der Waals surface area (Å²) in [5.74, 6) is 0. The maximum atomic E-state index is 9.04. The van der Waals surface area contributed by atoms with Gasteiger partial charge in [0.1, 0.15) is 6.79 Å². The van der Waals surface area contributed by atoms with E-state index < -0.39 is 0 Å². The van der Waals surface area contributed by atoms with Gasteiger partial charge in [-0.15, -0.1) is 0 Å². The standard InChI is InChI=1S/C25H48O3/c1-3-4-5-6-7-8-9-10-11-12-13-14-15-16-17-18-19-20-21-25(22-23-26)28-24-27-2/h14-15,18-19,25-26H,3-13,16-17,20-24H2,1-2H3/b15-14+,19-18+/t25-/m0/s1. The summed E-state index contributed by atoms with van der Waals surface area (Å²) in [4.78, 5) is 0. The Bertz CT molecular complexity index is 339. The molecule has 0 spiro atoms. The van der Waals surface area contributed by atoms with Gasteiger partial charge >= 0.3 is 0 Å². The van der Waals surface area contributed by atoms with Gasteiger partial charge in [0.15, 0.2) is 0 Å². The number of ether oxygens (including phenoxy) is 2. The van der Waals surface area contributed by atoms with Crippen LogP contribution in [0.3, 0.4) is 0 Å². The Balaban J connectivity index is 3.37. The van der Waals surface area contributed by atoms with Crippen LogP contribution < -0.4 is 0 Å². The van der Waals surface area contributed by atoms with Crippen molar-refractivity contribution in [1.29, 1.82) is 0 Å². The monoisotopic (exact) mass is 396 g/mol. The lowest BCUT2D eigenvalue weighted by molar-refractivity contribution is -0.0794. The van der Waals surface area contributed by atoms with Crippen molar-refractivity contribution in [2.75, 3.05) is 20.5 Å². The second-order valence-corrected chi connectivity index (χ2v) is 7.78. The molecule has 0 heterocycles. The average molecular weight is 397 g/mol. The third kappa shape index (κ3) is 21.7. The molecule has 0 unspecified atom stereocenters. The van der Waals surface area contributed by atoms with Crippen LogP contribution >= 0.6 is 0 Å². The van der Waals surface area contributed by atoms with Crippen LogP contribution in [0, 0.1) is 0 Å². The SMILES string of the molecule is CCCCCCCCCCCC/C=C/CC/C=C/CC[C@@H](CCO)OCOC. The largest absolute Gasteiger partial charge is 0.396 e. The summed E-state index contributed by atoms with van der Waals surface area (Å²) < 4.78 is 10.5. The second kappa shape index (κ2) is 24.4. The van der Waals surface area contributed by atoms with Crippen LogP contribution in [-0.4, -0.2) is 31.7 Å². The molecule has 0 saturated heterocycles. The Kier molecular flexibility index (Phi) is 23.8. The summed E-state index contributed by atoms with van der Waals surface area (Å²) in [6.07, 6.45) is 29.4. The number of aliphatic hydroxyl groups is 1. The Hall–Kier alpha value is -0.640. The van der Waals surface area contributed by atoms with Crippen LogP contribution in [0.5, 0.6) is 0 Å². The Morgan fingerprint density at radius 3 is 1.79 bits per heavy atom. The molecule has 0 aromatic carbocycles. The molecule has 0 aromatic rings. The first-order valence-corrected chi connectivity index (χ1v) is 11.9. The van der Waals surface area contributed by atoms with E-state index in [2.05, 4.69) is 31.2 Å². The first-order valence-electron chi connectivity index (χ1n) is 11.9. The number of rotatable bonds is 22. The molecule has 28 heavy (non-hydrogen) atoms. The van der Waals surface area contributed by atoms with Gasteiger partial charge in [0.25, 0.3) is 0 Å². The van der Waals surface area contributed by atoms with Crippen LogP contribution in [0.15, 0.2) is 24.3 Å². The third-order valence-electron chi connectivity index (χ3n) is 5.09. The van der Waals surface area contributed by atoms with E-state index in [1.165, 1.54) is 70.6 Å². The second-order valence-electron chi connectivity index (χ2n) is 7.78. The zero-order valence-electron chi connectivity index (χ0n) is 18.9. The van der Waals surface area contributed by atoms with Crippen molar-refractivity contribution in [3.63, 3.8) is 0 Å². The van der Waals surface area contributed by atoms with E-state index in [0.29, 0.717) is 13.2 Å². The van der Waals surface area contributed by atoms with Gasteiger partial charge in [0, 0.05) is 13.7 Å². The number of methoxy groups -OCH3 is 1. The van der Waals surface area contributed by atoms with Crippen molar-refractivity contribution in [3.8, 4) is 0 Å². The molecule has 0 amide bonds. The van der Waals surface area contributed by atoms with E-state index in [0.717, 1.165) is 25.7 Å². The summed E-state index contributed by atoms with van der Waals surface area (Å²) in [6.45, 7) is 2.75. The molecule has 0 saturated carbocycles. The molecule has 0 radical (unpaired) electrons. The summed E-state index contributed by atoms with van der Waals surface area (Å²) in [5.41, 5.74) is 0. The fraction of sp³-hybridized carbons (Fsp3) is 0.840. The first kappa shape index (κ1) is 27.4. The van der Waals surface area contributed by atoms with E-state index in [9.17, 15) is 0 Å². The van der Waals surface area contributed by atoms with E-state index in [1.807, 2.05) is 0 Å². The minimum atomic E-state index is 0.0931. The summed E-state index contributed by atoms with van der Waals surface area (Å²) in [7, 11) is 1.62. The zero-order valence-corrected chi connectivity index (χ0v) is 18.9. The summed E-state index contributed by atoms with van der Waals surface area (Å²) >= 11 is 0. The van der Waals surface area contributed by atoms with Crippen molar-refractivity contribution in [2.24, 2.45) is 0 Å². The quantitative estimate of drug-likeness (QED) is 0.118. The fourth-order valence-corrected chi connectivity index (χ4v) is 3.31. The van der Waals surface area contributed by atoms with Crippen LogP contribution in [0.2, 0.25) is 0 Å². The molecular formula is C25H48O3. The molecular weight excluding hydrogens is 348 g/mol. The minimum absolute atomic E-state index is 0.0931. The summed E-state index contributed by atoms with van der Waals surface area (Å²) in [6, 6.07) is 0. The number of hydrogen-bond donors (Lipinski definition) is 1. The van der Waals surface area contributed by atoms with E-state index in [-0.39, 0.29) is 12.7 Å². The number of hydrogen-bond acceptors (Lipinski definition) is 3. The number of allylic oxidation sites excluding steroid dienone is 4. The van der Waals surface area contributed by atoms with Gasteiger partial charge in [-0.25, -0.2) is 0 Å². The normalized spacial score (nSPS) is 13.1. The molecule has 0 fully saturated rings. The highest BCUT2D eigenvalue weighted by atomic mass is 16.7. The van der Waals surface area contributed by atoms with Crippen molar-refractivity contribution >= 4 is 0 Å². The van der Waals surface area contributed by atoms with Crippen molar-refractivity contribution < 1.29 is 14.6 Å². The molecule has 0 aliphatic rings. The van der Waals surface area contributed by atoms with Crippen molar-refractivity contribution in [2.45, 2.75) is 116 Å². The average Bonchev–Trinajstić information content (AvgIpc) is 2.71. The van der Waals surface area contributed by atoms with E-state index in [4.69, 9.17) is 14.6 Å². The van der Waals surface area contributed by atoms with E-state index >= 15 is 0 Å². The topological polar surface area (TPSA) is 38.7 Å². The smallest absolute Gasteiger partial charge is 0.146 e. The Morgan fingerprint density at radius 1 is 0.679 bits per heavy atom. The van der Waals surface area contributed by atoms with Gasteiger partial charge < -0.3 is 14.6 Å². The molecule has 3 nitrogen and oxygen atoms in total. The lowest BCUT2D eigenvalue weighted by Crippen LogP contribution is -2.16. The molecule has 0 aliphatic carbocycles. The number of unbranched alkanes of at least 4 members (excludes halogenated alkanes) is 11. The Labute approximate surface area is 175 Å². The zero-order chi connectivity index (χ0) is 20.5. The highest BCUT2D eigenvalue weighted by Gasteiger charge is 2.06. The predicted molar refractivity (Wildman–Crippen MR) is 122 cm³/mol. The maximum absolute atomic E-state index is 9.04. The molecule has 0 bridgehead atoms. The van der Waals surface area contributed by atoms with Gasteiger partial charge in [0.2, 0.25) is 0 Å². The Morgan fingerprint density at radius 2 is 1.21 bits per heavy atom. The molecule has 0 aliphatic heterocycles. The predicted octanol–water partition coefficient (Wildman–Crippen LogP) is 7.34. The van der Waals surface area contributed by atoms with Gasteiger partial charge in [-0.1, -0.05) is 89.0 Å². The lowest BCUT2D eigenvalue weighted by Gasteiger charge is -2.15. The highest BCUT2D eigenvalue weighted by molar-refractivity contribution is 4.88. The van der Waals surface area contributed by atoms with E-state index in [1.54, 1.807) is 7.11 Å². The fourth-order valence-electron chi connectivity index (χ4n) is 3.31. The van der Waals surface area contributed by atoms with Crippen molar-refractivity contribution in [1.82, 2.24) is 0 Å². The van der Waals surface area contributed by atoms with Crippen LogP contribution in [0.25, 0.3) is 0 Å². The molecule has 3 heteroatoms. The minimum Gasteiger partial charge on any atom is -0.396 e. The van der Waals surface area contributed by atoms with Crippen molar-refractivity contribution in [3.05, 3.63) is 24.3 Å². The van der Waals surface area contributed by atoms with Gasteiger partial charge in [-0.2, -0.15) is 0 Å². The van der Waals surface area contributed by atoms with Crippen LogP contribution in [0.1, 0.15) is 110 Å². The summed E-state index contributed by atoms with van der Waals surface area (Å²) in [5, 5.41) is 9.04. The number of aliphatic hydroxyl groups excluding tert-OH is 1. The molecule has 0 rings (SSSR count). The van der Waals surface area contributed by atoms with Gasteiger partial charge in [0.05, 0.1) is 6.10 Å². The lowest BCUT2D eigenvalue weighted by atomic mass is 10.1. The molecule has 1 N–H and O–H groups in total. The third-order valence-corrected chi connectivity index (χ3v) is 5.09. The van der Waals surface area contributed by atoms with Gasteiger partial charge in [-0.05, 0) is 44.9 Å². The molecule has 1 atom stereocenters. The maximum Gasteiger partial charge on any atom is 0.146 e. The molecule has 166 valence electrons. The highest BCUT2D eigenvalue weighted by Crippen LogP contribution is 2.12. The van der Waals surface area contributed by atoms with Gasteiger partial charge in [-0.3, -0.25) is 0 Å².